The first-order valence-corrected chi connectivity index (χ1v) is 21.8. The number of amides is 1. The molecule has 0 aliphatic carbocycles. The van der Waals surface area contributed by atoms with E-state index in [2.05, 4.69) is 81.5 Å². The van der Waals surface area contributed by atoms with Crippen LogP contribution >= 0.6 is 0 Å². The van der Waals surface area contributed by atoms with Crippen molar-refractivity contribution in [1.82, 2.24) is 9.80 Å². The van der Waals surface area contributed by atoms with Crippen molar-refractivity contribution in [2.45, 2.75) is 200 Å². The third-order valence-corrected chi connectivity index (χ3v) is 9.49. The zero-order valence-corrected chi connectivity index (χ0v) is 34.2. The molecule has 292 valence electrons. The largest absolute Gasteiger partial charge is 0.449 e. The molecule has 0 spiro atoms. The average Bonchev–Trinajstić information content (AvgIpc) is 3.11. The molecule has 0 unspecified atom stereocenters. The summed E-state index contributed by atoms with van der Waals surface area (Å²) in [4.78, 5) is 17.0. The molecule has 0 saturated heterocycles. The molecule has 0 fully saturated rings. The number of rotatable bonds is 38. The highest BCUT2D eigenvalue weighted by Gasteiger charge is 2.14. The Morgan fingerprint density at radius 1 is 0.420 bits per heavy atom. The van der Waals surface area contributed by atoms with E-state index in [0.717, 1.165) is 51.7 Å². The summed E-state index contributed by atoms with van der Waals surface area (Å²) in [5.41, 5.74) is 0. The van der Waals surface area contributed by atoms with Gasteiger partial charge in [0.15, 0.2) is 0 Å². The Labute approximate surface area is 313 Å². The maximum Gasteiger partial charge on any atom is 0.409 e. The minimum absolute atomic E-state index is 0.0992. The molecule has 0 aromatic heterocycles. The Kier molecular flexibility index (Phi) is 40.1. The summed E-state index contributed by atoms with van der Waals surface area (Å²) in [5, 5.41) is 0. The normalized spacial score (nSPS) is 12.2. The first-order chi connectivity index (χ1) is 24.6. The molecular formula is C46H86N2O2. The highest BCUT2D eigenvalue weighted by atomic mass is 16.6. The number of allylic oxidation sites excluding steroid dienone is 8. The van der Waals surface area contributed by atoms with Crippen molar-refractivity contribution in [3.63, 3.8) is 0 Å². The molecule has 0 atom stereocenters. The minimum atomic E-state index is -0.0992. The molecular weight excluding hydrogens is 613 g/mol. The van der Waals surface area contributed by atoms with Gasteiger partial charge in [-0.15, -0.1) is 0 Å². The fraction of sp³-hybridized carbons (Fsp3) is 0.804. The standard InChI is InChI=1S/C46H86N2O2/c1-5-7-9-11-13-15-17-19-21-23-25-27-29-31-33-35-37-39-43-48(46(49)50-45-41-42-47(3)4)44-40-38-36-34-32-30-28-26-24-22-20-18-16-14-12-10-8-6-2/h13-16,19-22H,5-12,17-18,23-45H2,1-4H3/b15-13-,16-14-,21-19-,22-20-. The lowest BCUT2D eigenvalue weighted by Crippen LogP contribution is -2.34. The molecule has 0 rings (SSSR count). The second-order valence-electron chi connectivity index (χ2n) is 14.8. The molecule has 50 heavy (non-hydrogen) atoms. The summed E-state index contributed by atoms with van der Waals surface area (Å²) in [6, 6.07) is 0. The van der Waals surface area contributed by atoms with E-state index in [0.29, 0.717) is 6.61 Å². The van der Waals surface area contributed by atoms with Gasteiger partial charge in [-0.2, -0.15) is 0 Å². The number of nitrogens with zero attached hydrogens (tertiary/aromatic N) is 2. The number of carbonyl (C=O) groups is 1. The maximum absolute atomic E-state index is 12.9. The van der Waals surface area contributed by atoms with Gasteiger partial charge in [0.2, 0.25) is 0 Å². The summed E-state index contributed by atoms with van der Waals surface area (Å²) in [6.07, 6.45) is 55.1. The Morgan fingerprint density at radius 2 is 0.760 bits per heavy atom. The second kappa shape index (κ2) is 41.6. The van der Waals surface area contributed by atoms with Crippen molar-refractivity contribution < 1.29 is 9.53 Å². The van der Waals surface area contributed by atoms with Crippen LogP contribution in [0.1, 0.15) is 200 Å². The van der Waals surface area contributed by atoms with Crippen LogP contribution in [0.2, 0.25) is 0 Å². The average molecular weight is 699 g/mol. The maximum atomic E-state index is 12.9. The summed E-state index contributed by atoms with van der Waals surface area (Å²) in [5.74, 6) is 0. The summed E-state index contributed by atoms with van der Waals surface area (Å²) in [6.45, 7) is 7.69. The van der Waals surface area contributed by atoms with Gasteiger partial charge in [0.25, 0.3) is 0 Å². The SMILES string of the molecule is CCCCC/C=C\C/C=C\CCCCCCCCCCN(CCCCCCCCCC/C=C\C/C=C\CCCCC)C(=O)OCCCN(C)C. The highest BCUT2D eigenvalue weighted by Crippen LogP contribution is 2.14. The zero-order chi connectivity index (χ0) is 36.4. The Balaban J connectivity index is 3.96. The van der Waals surface area contributed by atoms with E-state index in [1.165, 1.54) is 154 Å². The van der Waals surface area contributed by atoms with Gasteiger partial charge in [0.1, 0.15) is 0 Å². The van der Waals surface area contributed by atoms with Gasteiger partial charge in [-0.05, 0) is 97.6 Å². The summed E-state index contributed by atoms with van der Waals surface area (Å²) in [7, 11) is 4.13. The Morgan fingerprint density at radius 3 is 1.12 bits per heavy atom. The first kappa shape index (κ1) is 48.2. The molecule has 0 radical (unpaired) electrons. The van der Waals surface area contributed by atoms with Gasteiger partial charge in [-0.3, -0.25) is 0 Å². The van der Waals surface area contributed by atoms with Crippen LogP contribution in [0.25, 0.3) is 0 Å². The van der Waals surface area contributed by atoms with Crippen molar-refractivity contribution in [3.8, 4) is 0 Å². The van der Waals surface area contributed by atoms with Crippen LogP contribution in [0.4, 0.5) is 4.79 Å². The fourth-order valence-corrected chi connectivity index (χ4v) is 6.21. The lowest BCUT2D eigenvalue weighted by molar-refractivity contribution is 0.0976. The van der Waals surface area contributed by atoms with E-state index >= 15 is 0 Å². The lowest BCUT2D eigenvalue weighted by atomic mass is 10.1. The third kappa shape index (κ3) is 39.0. The lowest BCUT2D eigenvalue weighted by Gasteiger charge is -2.22. The quantitative estimate of drug-likeness (QED) is 0.0475. The molecule has 0 aliphatic heterocycles. The number of hydrogen-bond donors (Lipinski definition) is 0. The van der Waals surface area contributed by atoms with Crippen molar-refractivity contribution in [3.05, 3.63) is 48.6 Å². The van der Waals surface area contributed by atoms with E-state index in [9.17, 15) is 4.79 Å². The third-order valence-electron chi connectivity index (χ3n) is 9.49. The van der Waals surface area contributed by atoms with Crippen LogP contribution in [0, 0.1) is 0 Å². The Bertz CT molecular complexity index is 748. The van der Waals surface area contributed by atoms with Crippen LogP contribution in [0.3, 0.4) is 0 Å². The molecule has 0 saturated carbocycles. The predicted octanol–water partition coefficient (Wildman–Crippen LogP) is 14.6. The van der Waals surface area contributed by atoms with Crippen molar-refractivity contribution in [1.29, 1.82) is 0 Å². The van der Waals surface area contributed by atoms with Crippen molar-refractivity contribution in [2.75, 3.05) is 40.3 Å². The van der Waals surface area contributed by atoms with E-state index in [1.54, 1.807) is 0 Å². The number of unbranched alkanes of at least 4 members (excludes halogenated alkanes) is 22. The van der Waals surface area contributed by atoms with Gasteiger partial charge >= 0.3 is 6.09 Å². The first-order valence-electron chi connectivity index (χ1n) is 21.8. The molecule has 4 heteroatoms. The van der Waals surface area contributed by atoms with Crippen molar-refractivity contribution >= 4 is 6.09 Å². The monoisotopic (exact) mass is 699 g/mol. The summed E-state index contributed by atoms with van der Waals surface area (Å²) >= 11 is 0. The highest BCUT2D eigenvalue weighted by molar-refractivity contribution is 5.67. The van der Waals surface area contributed by atoms with Crippen molar-refractivity contribution in [2.24, 2.45) is 0 Å². The second-order valence-corrected chi connectivity index (χ2v) is 14.8. The van der Waals surface area contributed by atoms with E-state index in [-0.39, 0.29) is 6.09 Å². The molecule has 0 aromatic carbocycles. The molecule has 0 aliphatic rings. The van der Waals surface area contributed by atoms with E-state index in [4.69, 9.17) is 4.74 Å². The molecule has 0 N–H and O–H groups in total. The van der Waals surface area contributed by atoms with Gasteiger partial charge in [-0.1, -0.05) is 165 Å². The number of ether oxygens (including phenoxy) is 1. The van der Waals surface area contributed by atoms with Crippen LogP contribution in [-0.2, 0) is 4.74 Å². The van der Waals surface area contributed by atoms with Gasteiger partial charge < -0.3 is 14.5 Å². The molecule has 4 nitrogen and oxygen atoms in total. The molecule has 1 amide bonds. The van der Waals surface area contributed by atoms with E-state index in [1.807, 2.05) is 4.90 Å². The van der Waals surface area contributed by atoms with Gasteiger partial charge in [-0.25, -0.2) is 4.79 Å². The summed E-state index contributed by atoms with van der Waals surface area (Å²) < 4.78 is 5.67. The number of carbonyl (C=O) groups excluding carboxylic acids is 1. The van der Waals surface area contributed by atoms with Gasteiger partial charge in [0, 0.05) is 19.6 Å². The molecule has 0 heterocycles. The zero-order valence-electron chi connectivity index (χ0n) is 34.2. The number of hydrogen-bond acceptors (Lipinski definition) is 3. The fourth-order valence-electron chi connectivity index (χ4n) is 6.21. The van der Waals surface area contributed by atoms with Crippen LogP contribution in [0.15, 0.2) is 48.6 Å². The molecule has 0 aromatic rings. The van der Waals surface area contributed by atoms with Gasteiger partial charge in [0.05, 0.1) is 6.61 Å². The minimum Gasteiger partial charge on any atom is -0.449 e. The topological polar surface area (TPSA) is 32.8 Å². The van der Waals surface area contributed by atoms with Crippen LogP contribution in [0.5, 0.6) is 0 Å². The van der Waals surface area contributed by atoms with Crippen LogP contribution < -0.4 is 0 Å². The van der Waals surface area contributed by atoms with E-state index < -0.39 is 0 Å². The predicted molar refractivity (Wildman–Crippen MR) is 223 cm³/mol. The van der Waals surface area contributed by atoms with Crippen LogP contribution in [-0.4, -0.2) is 56.2 Å². The molecule has 0 bridgehead atoms. The Hall–Kier alpha value is -1.81. The smallest absolute Gasteiger partial charge is 0.409 e.